The molecule has 0 heterocycles. The Morgan fingerprint density at radius 1 is 1.35 bits per heavy atom. The second kappa shape index (κ2) is 6.71. The Hall–Kier alpha value is -0.130. The van der Waals surface area contributed by atoms with Gasteiger partial charge in [0.05, 0.1) is 5.75 Å². The van der Waals surface area contributed by atoms with E-state index in [1.807, 2.05) is 20.8 Å². The summed E-state index contributed by atoms with van der Waals surface area (Å²) in [7, 11) is -3.05. The first-order valence-corrected chi connectivity index (χ1v) is 8.27. The van der Waals surface area contributed by atoms with Gasteiger partial charge in [-0.1, -0.05) is 20.8 Å². The molecule has 1 saturated carbocycles. The molecule has 0 aromatic heterocycles. The van der Waals surface area contributed by atoms with Crippen molar-refractivity contribution in [1.29, 1.82) is 0 Å². The Bertz CT molecular complexity index is 310. The van der Waals surface area contributed by atoms with E-state index >= 15 is 0 Å². The lowest BCUT2D eigenvalue weighted by atomic mass is 10.2. The molecule has 0 unspecified atom stereocenters. The van der Waals surface area contributed by atoms with E-state index in [1.54, 1.807) is 4.31 Å². The topological polar surface area (TPSA) is 49.4 Å². The van der Waals surface area contributed by atoms with Crippen LogP contribution in [0.25, 0.3) is 0 Å². The lowest BCUT2D eigenvalue weighted by molar-refractivity contribution is 0.380. The van der Waals surface area contributed by atoms with Crippen molar-refractivity contribution < 1.29 is 8.42 Å². The zero-order valence-electron chi connectivity index (χ0n) is 11.3. The highest BCUT2D eigenvalue weighted by atomic mass is 32.2. The minimum Gasteiger partial charge on any atom is -0.314 e. The van der Waals surface area contributed by atoms with Gasteiger partial charge in [0.15, 0.2) is 0 Å². The van der Waals surface area contributed by atoms with Crippen LogP contribution in [0.2, 0.25) is 0 Å². The molecule has 1 rings (SSSR count). The minimum atomic E-state index is -3.05. The summed E-state index contributed by atoms with van der Waals surface area (Å²) in [5.41, 5.74) is 0. The van der Waals surface area contributed by atoms with Crippen LogP contribution in [0.1, 0.15) is 40.0 Å². The average Bonchev–Trinajstić information content (AvgIpc) is 3.04. The highest BCUT2D eigenvalue weighted by molar-refractivity contribution is 7.89. The van der Waals surface area contributed by atoms with Crippen molar-refractivity contribution in [3.05, 3.63) is 0 Å². The summed E-state index contributed by atoms with van der Waals surface area (Å²) in [4.78, 5) is 0. The van der Waals surface area contributed by atoms with Crippen LogP contribution in [0.3, 0.4) is 0 Å². The Labute approximate surface area is 106 Å². The van der Waals surface area contributed by atoms with Gasteiger partial charge in [-0.3, -0.25) is 0 Å². The van der Waals surface area contributed by atoms with Crippen molar-refractivity contribution >= 4 is 10.0 Å². The highest BCUT2D eigenvalue weighted by Crippen LogP contribution is 2.18. The molecule has 0 spiro atoms. The van der Waals surface area contributed by atoms with E-state index in [0.29, 0.717) is 31.5 Å². The van der Waals surface area contributed by atoms with Crippen molar-refractivity contribution in [1.82, 2.24) is 9.62 Å². The Morgan fingerprint density at radius 3 is 2.47 bits per heavy atom. The van der Waals surface area contributed by atoms with Gasteiger partial charge in [0.2, 0.25) is 10.0 Å². The van der Waals surface area contributed by atoms with Crippen LogP contribution in [0.15, 0.2) is 0 Å². The fourth-order valence-electron chi connectivity index (χ4n) is 1.82. The summed E-state index contributed by atoms with van der Waals surface area (Å²) in [6.45, 7) is 8.04. The largest absolute Gasteiger partial charge is 0.314 e. The zero-order chi connectivity index (χ0) is 12.9. The maximum Gasteiger partial charge on any atom is 0.214 e. The lowest BCUT2D eigenvalue weighted by Crippen LogP contribution is -2.36. The number of nitrogens with zero attached hydrogens (tertiary/aromatic N) is 1. The summed E-state index contributed by atoms with van der Waals surface area (Å²) >= 11 is 0. The number of rotatable bonds is 9. The molecule has 0 amide bonds. The van der Waals surface area contributed by atoms with Crippen molar-refractivity contribution in [2.45, 2.75) is 46.1 Å². The van der Waals surface area contributed by atoms with E-state index in [4.69, 9.17) is 0 Å². The standard InChI is InChI=1S/C12H26N2O2S/c1-4-14(10-11(2)3)17(15,16)9-5-8-13-12-6-7-12/h11-13H,4-10H2,1-3H3. The lowest BCUT2D eigenvalue weighted by Gasteiger charge is -2.22. The van der Waals surface area contributed by atoms with Gasteiger partial charge in [0.1, 0.15) is 0 Å². The second-order valence-electron chi connectivity index (χ2n) is 5.24. The maximum absolute atomic E-state index is 12.1. The summed E-state index contributed by atoms with van der Waals surface area (Å²) in [6.07, 6.45) is 3.22. The van der Waals surface area contributed by atoms with E-state index in [9.17, 15) is 8.42 Å². The average molecular weight is 262 g/mol. The van der Waals surface area contributed by atoms with Gasteiger partial charge in [0, 0.05) is 19.1 Å². The van der Waals surface area contributed by atoms with Gasteiger partial charge >= 0.3 is 0 Å². The van der Waals surface area contributed by atoms with E-state index in [-0.39, 0.29) is 5.75 Å². The molecule has 102 valence electrons. The molecule has 1 N–H and O–H groups in total. The third-order valence-corrected chi connectivity index (χ3v) is 4.90. The normalized spacial score (nSPS) is 17.0. The molecule has 1 aliphatic carbocycles. The van der Waals surface area contributed by atoms with E-state index in [1.165, 1.54) is 12.8 Å². The van der Waals surface area contributed by atoms with Gasteiger partial charge in [-0.2, -0.15) is 0 Å². The molecule has 0 bridgehead atoms. The summed E-state index contributed by atoms with van der Waals surface area (Å²) in [5.74, 6) is 0.655. The number of hydrogen-bond donors (Lipinski definition) is 1. The van der Waals surface area contributed by atoms with Crippen LogP contribution in [-0.2, 0) is 10.0 Å². The molecular weight excluding hydrogens is 236 g/mol. The van der Waals surface area contributed by atoms with E-state index in [2.05, 4.69) is 5.32 Å². The Balaban J connectivity index is 2.30. The third kappa shape index (κ3) is 5.84. The molecule has 1 aliphatic rings. The van der Waals surface area contributed by atoms with Crippen LogP contribution in [0, 0.1) is 5.92 Å². The molecular formula is C12H26N2O2S. The quantitative estimate of drug-likeness (QED) is 0.640. The van der Waals surface area contributed by atoms with Crippen LogP contribution in [0.5, 0.6) is 0 Å². The molecule has 4 nitrogen and oxygen atoms in total. The van der Waals surface area contributed by atoms with Crippen LogP contribution in [0.4, 0.5) is 0 Å². The van der Waals surface area contributed by atoms with Gasteiger partial charge in [-0.15, -0.1) is 0 Å². The minimum absolute atomic E-state index is 0.271. The molecule has 0 aliphatic heterocycles. The second-order valence-corrected chi connectivity index (χ2v) is 7.33. The molecule has 1 fully saturated rings. The molecule has 0 atom stereocenters. The highest BCUT2D eigenvalue weighted by Gasteiger charge is 2.22. The summed E-state index contributed by atoms with van der Waals surface area (Å²) < 4.78 is 25.7. The van der Waals surface area contributed by atoms with Crippen molar-refractivity contribution in [2.24, 2.45) is 5.92 Å². The van der Waals surface area contributed by atoms with Gasteiger partial charge in [-0.05, 0) is 31.7 Å². The molecule has 17 heavy (non-hydrogen) atoms. The fourth-order valence-corrected chi connectivity index (χ4v) is 3.51. The predicted octanol–water partition coefficient (Wildman–Crippen LogP) is 1.44. The fraction of sp³-hybridized carbons (Fsp3) is 1.00. The summed E-state index contributed by atoms with van der Waals surface area (Å²) in [6, 6.07) is 0.663. The first kappa shape index (κ1) is 14.9. The Morgan fingerprint density at radius 2 is 2.00 bits per heavy atom. The van der Waals surface area contributed by atoms with Crippen molar-refractivity contribution in [3.63, 3.8) is 0 Å². The third-order valence-electron chi connectivity index (χ3n) is 2.90. The zero-order valence-corrected chi connectivity index (χ0v) is 12.1. The number of nitrogens with one attached hydrogen (secondary N) is 1. The molecule has 0 aromatic rings. The molecule has 0 radical (unpaired) electrons. The molecule has 5 heteroatoms. The van der Waals surface area contributed by atoms with Gasteiger partial charge < -0.3 is 5.32 Å². The predicted molar refractivity (Wildman–Crippen MR) is 71.5 cm³/mol. The van der Waals surface area contributed by atoms with Crippen LogP contribution in [-0.4, -0.2) is 44.2 Å². The summed E-state index contributed by atoms with van der Waals surface area (Å²) in [5, 5.41) is 3.34. The van der Waals surface area contributed by atoms with E-state index < -0.39 is 10.0 Å². The molecule has 0 aromatic carbocycles. The van der Waals surface area contributed by atoms with Gasteiger partial charge in [-0.25, -0.2) is 12.7 Å². The van der Waals surface area contributed by atoms with Crippen molar-refractivity contribution in [2.75, 3.05) is 25.4 Å². The first-order valence-electron chi connectivity index (χ1n) is 6.67. The van der Waals surface area contributed by atoms with E-state index in [0.717, 1.165) is 6.54 Å². The number of hydrogen-bond acceptors (Lipinski definition) is 3. The van der Waals surface area contributed by atoms with Crippen molar-refractivity contribution in [3.8, 4) is 0 Å². The maximum atomic E-state index is 12.1. The van der Waals surface area contributed by atoms with Crippen LogP contribution < -0.4 is 5.32 Å². The first-order chi connectivity index (χ1) is 7.95. The number of sulfonamides is 1. The Kier molecular flexibility index (Phi) is 5.89. The van der Waals surface area contributed by atoms with Gasteiger partial charge in [0.25, 0.3) is 0 Å². The SMILES string of the molecule is CCN(CC(C)C)S(=O)(=O)CCCNC1CC1. The van der Waals surface area contributed by atoms with Crippen LogP contribution >= 0.6 is 0 Å². The smallest absolute Gasteiger partial charge is 0.214 e. The molecule has 0 saturated heterocycles. The monoisotopic (exact) mass is 262 g/mol.